The van der Waals surface area contributed by atoms with Gasteiger partial charge in [0.25, 0.3) is 0 Å². The van der Waals surface area contributed by atoms with Gasteiger partial charge < -0.3 is 4.57 Å². The first-order chi connectivity index (χ1) is 24.6. The van der Waals surface area contributed by atoms with Crippen molar-refractivity contribution in [3.63, 3.8) is 0 Å². The zero-order valence-electron chi connectivity index (χ0n) is 27.0. The van der Waals surface area contributed by atoms with Crippen LogP contribution in [-0.2, 0) is 0 Å². The van der Waals surface area contributed by atoms with Crippen LogP contribution in [0.4, 0.5) is 0 Å². The molecule has 0 aliphatic carbocycles. The van der Waals surface area contributed by atoms with Gasteiger partial charge in [0.2, 0.25) is 0 Å². The zero-order chi connectivity index (χ0) is 34.1. The molecule has 0 radical (unpaired) electrons. The van der Waals surface area contributed by atoms with E-state index in [9.17, 15) is 15.8 Å². The lowest BCUT2D eigenvalue weighted by Crippen LogP contribution is -2.75. The molecule has 0 saturated heterocycles. The van der Waals surface area contributed by atoms with E-state index in [-0.39, 0.29) is 0 Å². The molecule has 50 heavy (non-hydrogen) atoms. The van der Waals surface area contributed by atoms with E-state index < -0.39 is 8.07 Å². The van der Waals surface area contributed by atoms with Crippen molar-refractivity contribution in [1.82, 2.24) is 4.57 Å². The first-order valence-corrected chi connectivity index (χ1v) is 18.4. The van der Waals surface area contributed by atoms with Crippen molar-refractivity contribution >= 4 is 50.6 Å². The molecular weight excluding hydrogens is 625 g/mol. The maximum atomic E-state index is 10.8. The van der Waals surface area contributed by atoms with E-state index in [1.807, 2.05) is 60.7 Å². The van der Waals surface area contributed by atoms with Crippen molar-refractivity contribution in [3.8, 4) is 35.0 Å². The third kappa shape index (κ3) is 4.88. The van der Waals surface area contributed by atoms with Gasteiger partial charge in [0.05, 0.1) is 45.9 Å². The maximum absolute atomic E-state index is 10.8. The monoisotopic (exact) mass is 652 g/mol. The van der Waals surface area contributed by atoms with Crippen LogP contribution in [0.25, 0.3) is 38.6 Å². The number of rotatable bonds is 6. The van der Waals surface area contributed by atoms with Crippen molar-refractivity contribution < 1.29 is 0 Å². The Bertz CT molecular complexity index is 2490. The molecule has 0 fully saturated rings. The van der Waals surface area contributed by atoms with Crippen molar-refractivity contribution in [3.05, 3.63) is 187 Å². The largest absolute Gasteiger partial charge is 0.309 e. The maximum Gasteiger partial charge on any atom is 0.180 e. The van der Waals surface area contributed by atoms with E-state index in [4.69, 9.17) is 0 Å². The van der Waals surface area contributed by atoms with E-state index in [1.165, 1.54) is 15.6 Å². The average molecular weight is 653 g/mol. The van der Waals surface area contributed by atoms with Crippen LogP contribution in [0.15, 0.2) is 170 Å². The molecule has 8 aromatic rings. The van der Waals surface area contributed by atoms with Gasteiger partial charge in [-0.25, -0.2) is 0 Å². The summed E-state index contributed by atoms with van der Waals surface area (Å²) in [7, 11) is -2.87. The molecule has 0 aliphatic rings. The molecule has 0 spiro atoms. The lowest BCUT2D eigenvalue weighted by atomic mass is 10.0. The van der Waals surface area contributed by atoms with Crippen LogP contribution < -0.4 is 20.7 Å². The Kier molecular flexibility index (Phi) is 7.63. The quantitative estimate of drug-likeness (QED) is 0.138. The number of nitriles is 3. The van der Waals surface area contributed by atoms with Crippen LogP contribution >= 0.6 is 0 Å². The summed E-state index contributed by atoms with van der Waals surface area (Å²) in [6, 6.07) is 65.1. The van der Waals surface area contributed by atoms with E-state index in [1.54, 1.807) is 0 Å². The second-order valence-corrected chi connectivity index (χ2v) is 16.1. The van der Waals surface area contributed by atoms with Crippen molar-refractivity contribution in [2.75, 3.05) is 0 Å². The number of hydrogen-bond acceptors (Lipinski definition) is 3. The summed E-state index contributed by atoms with van der Waals surface area (Å²) >= 11 is 0. The molecule has 5 heteroatoms. The highest BCUT2D eigenvalue weighted by Crippen LogP contribution is 2.34. The van der Waals surface area contributed by atoms with Gasteiger partial charge in [0.15, 0.2) is 8.07 Å². The Balaban J connectivity index is 1.27. The highest BCUT2D eigenvalue weighted by atomic mass is 28.3. The lowest BCUT2D eigenvalue weighted by molar-refractivity contribution is 1.18. The number of benzene rings is 7. The smallest absolute Gasteiger partial charge is 0.180 e. The average Bonchev–Trinajstić information content (AvgIpc) is 3.52. The minimum Gasteiger partial charge on any atom is -0.309 e. The van der Waals surface area contributed by atoms with Gasteiger partial charge in [-0.3, -0.25) is 0 Å². The van der Waals surface area contributed by atoms with Crippen LogP contribution in [0.1, 0.15) is 16.7 Å². The van der Waals surface area contributed by atoms with Crippen LogP contribution in [-0.4, -0.2) is 12.6 Å². The Morgan fingerprint density at radius 1 is 0.420 bits per heavy atom. The fraction of sp³-hybridized carbons (Fsp3) is 0. The Morgan fingerprint density at radius 2 is 0.880 bits per heavy atom. The van der Waals surface area contributed by atoms with E-state index in [2.05, 4.69) is 132 Å². The van der Waals surface area contributed by atoms with E-state index in [0.29, 0.717) is 16.7 Å². The summed E-state index contributed by atoms with van der Waals surface area (Å²) in [5, 5.41) is 36.5. The second kappa shape index (κ2) is 12.6. The SMILES string of the molecule is N#Cc1ccc2c(c1)c1cc(C#N)ccc1n2-c1ccc(-c2ccc([Si](c3ccccc3)(c3ccccc3)c3ccccc3)c(C#N)c2)cc1. The molecule has 0 unspecified atom stereocenters. The molecule has 0 bridgehead atoms. The number of hydrogen-bond donors (Lipinski definition) is 0. The van der Waals surface area contributed by atoms with Crippen LogP contribution in [0.3, 0.4) is 0 Å². The summed E-state index contributed by atoms with van der Waals surface area (Å²) in [4.78, 5) is 0. The highest BCUT2D eigenvalue weighted by molar-refractivity contribution is 7.20. The molecule has 1 heterocycles. The summed E-state index contributed by atoms with van der Waals surface area (Å²) in [6.45, 7) is 0. The van der Waals surface area contributed by atoms with Gasteiger partial charge >= 0.3 is 0 Å². The second-order valence-electron chi connectivity index (χ2n) is 12.3. The molecule has 0 atom stereocenters. The third-order valence-corrected chi connectivity index (χ3v) is 14.5. The normalized spacial score (nSPS) is 11.1. The van der Waals surface area contributed by atoms with Crippen LogP contribution in [0.5, 0.6) is 0 Å². The minimum absolute atomic E-state index is 0.574. The molecule has 0 saturated carbocycles. The molecular formula is C45H28N4Si. The van der Waals surface area contributed by atoms with Crippen molar-refractivity contribution in [1.29, 1.82) is 15.8 Å². The fourth-order valence-electron chi connectivity index (χ4n) is 7.42. The van der Waals surface area contributed by atoms with Gasteiger partial charge in [0, 0.05) is 16.5 Å². The summed E-state index contributed by atoms with van der Waals surface area (Å²) in [5.74, 6) is 0. The number of nitrogens with zero attached hydrogens (tertiary/aromatic N) is 4. The Morgan fingerprint density at radius 3 is 1.32 bits per heavy atom. The third-order valence-electron chi connectivity index (χ3n) is 9.65. The predicted molar refractivity (Wildman–Crippen MR) is 204 cm³/mol. The molecule has 0 amide bonds. The Hall–Kier alpha value is -6.97. The Labute approximate surface area is 291 Å². The molecule has 4 nitrogen and oxygen atoms in total. The fourth-order valence-corrected chi connectivity index (χ4v) is 12.3. The van der Waals surface area contributed by atoms with Crippen molar-refractivity contribution in [2.24, 2.45) is 0 Å². The van der Waals surface area contributed by atoms with Gasteiger partial charge in [-0.05, 0) is 86.5 Å². The number of aromatic nitrogens is 1. The molecule has 232 valence electrons. The molecule has 1 aromatic heterocycles. The van der Waals surface area contributed by atoms with Crippen LogP contribution in [0, 0.1) is 34.0 Å². The number of fused-ring (bicyclic) bond motifs is 3. The van der Waals surface area contributed by atoms with Gasteiger partial charge in [-0.1, -0.05) is 115 Å². The van der Waals surface area contributed by atoms with Gasteiger partial charge in [0.1, 0.15) is 0 Å². The highest BCUT2D eigenvalue weighted by Gasteiger charge is 2.43. The molecule has 8 rings (SSSR count). The van der Waals surface area contributed by atoms with E-state index >= 15 is 0 Å². The minimum atomic E-state index is -2.87. The van der Waals surface area contributed by atoms with Crippen LogP contribution in [0.2, 0.25) is 0 Å². The lowest BCUT2D eigenvalue weighted by Gasteiger charge is -2.35. The summed E-state index contributed by atoms with van der Waals surface area (Å²) in [5.41, 5.74) is 6.66. The molecule has 7 aromatic carbocycles. The van der Waals surface area contributed by atoms with Gasteiger partial charge in [-0.2, -0.15) is 15.8 Å². The summed E-state index contributed by atoms with van der Waals surface area (Å²) in [6.07, 6.45) is 0. The van der Waals surface area contributed by atoms with Crippen molar-refractivity contribution in [2.45, 2.75) is 0 Å². The summed E-state index contributed by atoms with van der Waals surface area (Å²) < 4.78 is 2.17. The molecule has 0 N–H and O–H groups in total. The first kappa shape index (κ1) is 30.4. The van der Waals surface area contributed by atoms with Gasteiger partial charge in [-0.15, -0.1) is 0 Å². The topological polar surface area (TPSA) is 76.3 Å². The standard InChI is InChI=1S/C45H28N4Si/c46-29-32-16-23-43-41(26-32)42-27-33(30-47)17-24-44(42)49(43)37-21-18-34(19-22-37)35-20-25-45(36(28-35)31-48)50(38-10-4-1-5-11-38,39-12-6-2-7-13-39)40-14-8-3-9-15-40/h1-28H. The van der Waals surface area contributed by atoms with E-state index in [0.717, 1.165) is 43.8 Å². The molecule has 0 aliphatic heterocycles. The predicted octanol–water partition coefficient (Wildman–Crippen LogP) is 7.44. The first-order valence-electron chi connectivity index (χ1n) is 16.4. The zero-order valence-corrected chi connectivity index (χ0v) is 28.0.